The van der Waals surface area contributed by atoms with E-state index in [-0.39, 0.29) is 12.1 Å². The van der Waals surface area contributed by atoms with Gasteiger partial charge in [-0.3, -0.25) is 4.98 Å². The molecular formula is C33H29ClN4OS. The first-order valence-electron chi connectivity index (χ1n) is 13.2. The number of aromatic nitrogens is 2. The summed E-state index contributed by atoms with van der Waals surface area (Å²) in [4.78, 5) is 6.88. The second kappa shape index (κ2) is 10.8. The number of hydrogen-bond acceptors (Lipinski definition) is 3. The van der Waals surface area contributed by atoms with Gasteiger partial charge in [0.2, 0.25) is 0 Å². The third-order valence-corrected chi connectivity index (χ3v) is 7.99. The average Bonchev–Trinajstić information content (AvgIpc) is 3.46. The highest BCUT2D eigenvalue weighted by molar-refractivity contribution is 7.80. The van der Waals surface area contributed by atoms with Crippen molar-refractivity contribution in [2.24, 2.45) is 0 Å². The molecule has 1 aliphatic heterocycles. The van der Waals surface area contributed by atoms with E-state index in [1.807, 2.05) is 85.1 Å². The summed E-state index contributed by atoms with van der Waals surface area (Å²) < 4.78 is 8.30. The average molecular weight is 565 g/mol. The maximum Gasteiger partial charge on any atom is 0.174 e. The standard InChI is InChI=1S/C33H29ClN4OS/c1-21-11-15-25(16-12-21)39-26-17-13-24(14-18-26)38-32(31(36-33(38)40)29-9-6-7-19-35-29)27-20-22(2)37(23(27)3)30-10-5-4-8-28(30)34/h4-20,31-32H,1-3H3,(H,36,40)/t31-,32+/m0/s1. The number of pyridine rings is 1. The molecule has 0 amide bonds. The van der Waals surface area contributed by atoms with E-state index < -0.39 is 0 Å². The Hall–Kier alpha value is -4.13. The second-order valence-corrected chi connectivity index (χ2v) is 10.8. The number of hydrogen-bond donors (Lipinski definition) is 1. The highest BCUT2D eigenvalue weighted by Crippen LogP contribution is 2.44. The molecule has 2 aromatic heterocycles. The van der Waals surface area contributed by atoms with Crippen LogP contribution in [0.4, 0.5) is 5.69 Å². The van der Waals surface area contributed by atoms with Gasteiger partial charge in [0.1, 0.15) is 11.5 Å². The molecule has 3 aromatic carbocycles. The van der Waals surface area contributed by atoms with Crippen molar-refractivity contribution in [3.63, 3.8) is 0 Å². The summed E-state index contributed by atoms with van der Waals surface area (Å²) in [7, 11) is 0. The van der Waals surface area contributed by atoms with Crippen molar-refractivity contribution < 1.29 is 4.74 Å². The van der Waals surface area contributed by atoms with Crippen LogP contribution in [-0.4, -0.2) is 14.7 Å². The maximum absolute atomic E-state index is 6.64. The van der Waals surface area contributed by atoms with E-state index in [9.17, 15) is 0 Å². The van der Waals surface area contributed by atoms with E-state index in [4.69, 9.17) is 33.5 Å². The van der Waals surface area contributed by atoms with Crippen molar-refractivity contribution in [2.45, 2.75) is 32.9 Å². The van der Waals surface area contributed by atoms with E-state index in [1.165, 1.54) is 5.56 Å². The van der Waals surface area contributed by atoms with E-state index in [0.29, 0.717) is 10.1 Å². The maximum atomic E-state index is 6.64. The molecule has 5 nitrogen and oxygen atoms in total. The quantitative estimate of drug-likeness (QED) is 0.210. The Morgan fingerprint density at radius 2 is 1.52 bits per heavy atom. The molecule has 1 N–H and O–H groups in total. The first-order chi connectivity index (χ1) is 19.4. The van der Waals surface area contributed by atoms with Crippen molar-refractivity contribution in [2.75, 3.05) is 4.90 Å². The van der Waals surface area contributed by atoms with Crippen molar-refractivity contribution >= 4 is 34.6 Å². The van der Waals surface area contributed by atoms with Crippen LogP contribution in [-0.2, 0) is 0 Å². The number of ether oxygens (including phenoxy) is 1. The molecule has 0 saturated carbocycles. The zero-order valence-electron chi connectivity index (χ0n) is 22.5. The molecule has 0 bridgehead atoms. The van der Waals surface area contributed by atoms with Crippen molar-refractivity contribution in [1.82, 2.24) is 14.9 Å². The molecule has 1 fully saturated rings. The normalized spacial score (nSPS) is 16.7. The summed E-state index contributed by atoms with van der Waals surface area (Å²) in [5.74, 6) is 1.57. The van der Waals surface area contributed by atoms with Crippen LogP contribution >= 0.6 is 23.8 Å². The highest BCUT2D eigenvalue weighted by atomic mass is 35.5. The van der Waals surface area contributed by atoms with Gasteiger partial charge in [0, 0.05) is 23.3 Å². The summed E-state index contributed by atoms with van der Waals surface area (Å²) in [6.07, 6.45) is 1.82. The molecule has 2 atom stereocenters. The topological polar surface area (TPSA) is 42.3 Å². The minimum Gasteiger partial charge on any atom is -0.457 e. The molecule has 40 heavy (non-hydrogen) atoms. The van der Waals surface area contributed by atoms with Gasteiger partial charge in [0.25, 0.3) is 0 Å². The minimum absolute atomic E-state index is 0.131. The van der Waals surface area contributed by atoms with Crippen LogP contribution in [0.15, 0.2) is 103 Å². The van der Waals surface area contributed by atoms with Crippen LogP contribution in [0.2, 0.25) is 5.02 Å². The molecule has 0 spiro atoms. The number of para-hydroxylation sites is 1. The Labute approximate surface area is 245 Å². The van der Waals surface area contributed by atoms with E-state index >= 15 is 0 Å². The zero-order valence-corrected chi connectivity index (χ0v) is 24.1. The Bertz CT molecular complexity index is 1670. The van der Waals surface area contributed by atoms with Gasteiger partial charge in [-0.05, 0) is 105 Å². The van der Waals surface area contributed by atoms with Crippen molar-refractivity contribution in [1.29, 1.82) is 0 Å². The van der Waals surface area contributed by atoms with Gasteiger partial charge in [-0.25, -0.2) is 0 Å². The Kier molecular flexibility index (Phi) is 7.05. The number of benzene rings is 3. The number of aryl methyl sites for hydroxylation is 2. The van der Waals surface area contributed by atoms with Crippen LogP contribution in [0, 0.1) is 20.8 Å². The summed E-state index contributed by atoms with van der Waals surface area (Å²) in [5, 5.41) is 4.92. The molecule has 6 rings (SSSR count). The second-order valence-electron chi connectivity index (χ2n) is 10.0. The number of thiocarbonyl (C=S) groups is 1. The first kappa shape index (κ1) is 26.1. The summed E-state index contributed by atoms with van der Waals surface area (Å²) >= 11 is 12.6. The zero-order chi connectivity index (χ0) is 27.8. The van der Waals surface area contributed by atoms with Crippen molar-refractivity contribution in [3.05, 3.63) is 136 Å². The molecule has 0 radical (unpaired) electrons. The van der Waals surface area contributed by atoms with Crippen LogP contribution in [0.1, 0.15) is 40.3 Å². The monoisotopic (exact) mass is 564 g/mol. The lowest BCUT2D eigenvalue weighted by Gasteiger charge is -2.28. The molecule has 1 saturated heterocycles. The number of rotatable bonds is 6. The van der Waals surface area contributed by atoms with Crippen LogP contribution < -0.4 is 15.0 Å². The lowest BCUT2D eigenvalue weighted by Crippen LogP contribution is -2.29. The molecular weight excluding hydrogens is 536 g/mol. The van der Waals surface area contributed by atoms with Gasteiger partial charge in [-0.2, -0.15) is 0 Å². The Balaban J connectivity index is 1.41. The number of halogens is 1. The third kappa shape index (κ3) is 4.85. The summed E-state index contributed by atoms with van der Waals surface area (Å²) in [6, 6.07) is 32.0. The van der Waals surface area contributed by atoms with Gasteiger partial charge in [-0.1, -0.05) is 47.5 Å². The fraction of sp³-hybridized carbons (Fsp3) is 0.152. The molecule has 5 aromatic rings. The van der Waals surface area contributed by atoms with Gasteiger partial charge >= 0.3 is 0 Å². The predicted molar refractivity (Wildman–Crippen MR) is 166 cm³/mol. The van der Waals surface area contributed by atoms with Gasteiger partial charge in [0.05, 0.1) is 28.5 Å². The lowest BCUT2D eigenvalue weighted by molar-refractivity contribution is 0.482. The van der Waals surface area contributed by atoms with Gasteiger partial charge in [-0.15, -0.1) is 0 Å². The number of anilines is 1. The van der Waals surface area contributed by atoms with Crippen LogP contribution in [0.25, 0.3) is 5.69 Å². The molecule has 0 unspecified atom stereocenters. The third-order valence-electron chi connectivity index (χ3n) is 7.35. The van der Waals surface area contributed by atoms with Crippen molar-refractivity contribution in [3.8, 4) is 17.2 Å². The van der Waals surface area contributed by atoms with Crippen LogP contribution in [0.3, 0.4) is 0 Å². The molecule has 3 heterocycles. The van der Waals surface area contributed by atoms with E-state index in [0.717, 1.165) is 45.5 Å². The highest BCUT2D eigenvalue weighted by Gasteiger charge is 2.42. The fourth-order valence-electron chi connectivity index (χ4n) is 5.46. The number of nitrogens with one attached hydrogen (secondary N) is 1. The molecule has 7 heteroatoms. The first-order valence-corrected chi connectivity index (χ1v) is 14.0. The smallest absolute Gasteiger partial charge is 0.174 e. The van der Waals surface area contributed by atoms with Crippen LogP contribution in [0.5, 0.6) is 11.5 Å². The molecule has 0 aliphatic carbocycles. The molecule has 200 valence electrons. The summed E-state index contributed by atoms with van der Waals surface area (Å²) in [5.41, 5.74) is 7.41. The number of nitrogens with zero attached hydrogens (tertiary/aromatic N) is 3. The predicted octanol–water partition coefficient (Wildman–Crippen LogP) is 8.42. The minimum atomic E-state index is -0.141. The van der Waals surface area contributed by atoms with Gasteiger partial charge in [0.15, 0.2) is 5.11 Å². The lowest BCUT2D eigenvalue weighted by atomic mass is 9.96. The Morgan fingerprint density at radius 3 is 2.20 bits per heavy atom. The summed E-state index contributed by atoms with van der Waals surface area (Å²) in [6.45, 7) is 6.31. The SMILES string of the molecule is Cc1ccc(Oc2ccc(N3C(=S)N[C@@H](c4ccccn4)[C@H]3c3cc(C)n(-c4ccccc4Cl)c3C)cc2)cc1. The van der Waals surface area contributed by atoms with E-state index in [2.05, 4.69) is 53.8 Å². The van der Waals surface area contributed by atoms with E-state index in [1.54, 1.807) is 0 Å². The Morgan fingerprint density at radius 1 is 0.850 bits per heavy atom. The largest absolute Gasteiger partial charge is 0.457 e. The fourth-order valence-corrected chi connectivity index (χ4v) is 6.02. The van der Waals surface area contributed by atoms with Gasteiger partial charge < -0.3 is 19.5 Å². The molecule has 1 aliphatic rings.